The Labute approximate surface area is 212 Å². The Kier molecular flexibility index (Phi) is 6.81. The Bertz CT molecular complexity index is 1590. The fourth-order valence-electron chi connectivity index (χ4n) is 4.00. The number of fused-ring (bicyclic) bond motifs is 1. The van der Waals surface area contributed by atoms with Gasteiger partial charge in [-0.15, -0.1) is 0 Å². The number of aliphatic carboxylic acids is 1. The molecule has 1 aliphatic heterocycles. The molecule has 192 valence electrons. The molecule has 4 heterocycles. The average molecular weight is 522 g/mol. The number of nitrogens with zero attached hydrogens (tertiary/aromatic N) is 7. The van der Waals surface area contributed by atoms with Crippen molar-refractivity contribution in [3.05, 3.63) is 66.4 Å². The van der Waals surface area contributed by atoms with Crippen LogP contribution in [0.15, 0.2) is 55.2 Å². The largest absolute Gasteiger partial charge is 0.490 e. The highest BCUT2D eigenvalue weighted by Crippen LogP contribution is 2.35. The summed E-state index contributed by atoms with van der Waals surface area (Å²) in [6, 6.07) is 12.8. The van der Waals surface area contributed by atoms with Gasteiger partial charge in [0.05, 0.1) is 36.0 Å². The molecule has 0 spiro atoms. The molecule has 0 radical (unpaired) electrons. The summed E-state index contributed by atoms with van der Waals surface area (Å²) in [7, 11) is 0. The summed E-state index contributed by atoms with van der Waals surface area (Å²) in [6.07, 6.45) is 2.02. The van der Waals surface area contributed by atoms with Gasteiger partial charge in [-0.25, -0.2) is 14.8 Å². The van der Waals surface area contributed by atoms with Crippen LogP contribution in [0, 0.1) is 22.7 Å². The molecule has 0 atom stereocenters. The molecule has 3 aromatic heterocycles. The van der Waals surface area contributed by atoms with Crippen LogP contribution < -0.4 is 0 Å². The fourth-order valence-corrected chi connectivity index (χ4v) is 4.00. The van der Waals surface area contributed by atoms with Gasteiger partial charge in [0.2, 0.25) is 0 Å². The Hall–Kier alpha value is -5.24. The molecule has 0 bridgehead atoms. The number of carboxylic acid groups (broad SMARTS) is 1. The van der Waals surface area contributed by atoms with E-state index >= 15 is 0 Å². The number of nitrogens with one attached hydrogen (secondary N) is 1. The van der Waals surface area contributed by atoms with E-state index in [2.05, 4.69) is 26.1 Å². The number of nitriles is 2. The third-order valence-corrected chi connectivity index (χ3v) is 5.84. The number of H-pyrrole nitrogens is 1. The van der Waals surface area contributed by atoms with Crippen molar-refractivity contribution in [2.45, 2.75) is 18.1 Å². The van der Waals surface area contributed by atoms with Gasteiger partial charge < -0.3 is 15.0 Å². The molecule has 1 aliphatic rings. The molecule has 1 aromatic carbocycles. The lowest BCUT2D eigenvalue weighted by Gasteiger charge is -2.49. The molecular weight excluding hydrogens is 505 g/mol. The second-order valence-corrected chi connectivity index (χ2v) is 8.35. The monoisotopic (exact) mass is 522 g/mol. The van der Waals surface area contributed by atoms with Crippen LogP contribution in [0.5, 0.6) is 0 Å². The van der Waals surface area contributed by atoms with E-state index in [9.17, 15) is 23.2 Å². The third-order valence-electron chi connectivity index (χ3n) is 5.84. The second kappa shape index (κ2) is 10.0. The third kappa shape index (κ3) is 5.01. The van der Waals surface area contributed by atoms with Crippen molar-refractivity contribution < 1.29 is 27.9 Å². The van der Waals surface area contributed by atoms with Gasteiger partial charge in [-0.1, -0.05) is 6.07 Å². The number of halogens is 3. The number of carbonyl (C=O) groups excluding carboxylic acids is 1. The summed E-state index contributed by atoms with van der Waals surface area (Å²) in [6.45, 7) is 0.723. The lowest BCUT2D eigenvalue weighted by atomic mass is 9.86. The number of rotatable bonds is 4. The number of likely N-dealkylation sites (tertiary alicyclic amines) is 1. The van der Waals surface area contributed by atoms with Crippen LogP contribution in [0.3, 0.4) is 0 Å². The number of carboxylic acids is 1. The first-order valence-corrected chi connectivity index (χ1v) is 10.9. The smallest absolute Gasteiger partial charge is 0.475 e. The number of carbonyl (C=O) groups is 2. The molecule has 1 fully saturated rings. The van der Waals surface area contributed by atoms with Gasteiger partial charge in [0.25, 0.3) is 5.91 Å². The van der Waals surface area contributed by atoms with Crippen molar-refractivity contribution in [3.8, 4) is 23.4 Å². The number of hydrogen-bond donors (Lipinski definition) is 2. The predicted octanol–water partition coefficient (Wildman–Crippen LogP) is 3.09. The van der Waals surface area contributed by atoms with Gasteiger partial charge in [-0.05, 0) is 24.3 Å². The first-order chi connectivity index (χ1) is 18.1. The van der Waals surface area contributed by atoms with E-state index in [1.165, 1.54) is 6.33 Å². The molecule has 0 unspecified atom stereocenters. The number of aromatic nitrogens is 5. The second-order valence-electron chi connectivity index (χ2n) is 8.35. The van der Waals surface area contributed by atoms with Crippen molar-refractivity contribution in [2.24, 2.45) is 0 Å². The van der Waals surface area contributed by atoms with Crippen molar-refractivity contribution in [3.63, 3.8) is 0 Å². The van der Waals surface area contributed by atoms with Gasteiger partial charge in [0, 0.05) is 42.0 Å². The van der Waals surface area contributed by atoms with Crippen LogP contribution in [0.2, 0.25) is 0 Å². The Morgan fingerprint density at radius 1 is 1.18 bits per heavy atom. The number of alkyl halides is 3. The normalized spacial score (nSPS) is 14.0. The molecule has 0 aliphatic carbocycles. The van der Waals surface area contributed by atoms with Crippen molar-refractivity contribution >= 4 is 22.9 Å². The molecule has 11 nitrogen and oxygen atoms in total. The van der Waals surface area contributed by atoms with Gasteiger partial charge in [-0.3, -0.25) is 9.48 Å². The molecule has 0 saturated carbocycles. The molecule has 5 rings (SSSR count). The number of hydrogen-bond acceptors (Lipinski definition) is 7. The molecular formula is C24H17F3N8O3. The first kappa shape index (κ1) is 25.8. The Morgan fingerprint density at radius 3 is 2.58 bits per heavy atom. The Balaban J connectivity index is 0.000000426. The lowest BCUT2D eigenvalue weighted by molar-refractivity contribution is -0.192. The van der Waals surface area contributed by atoms with E-state index in [1.54, 1.807) is 46.2 Å². The molecule has 4 aromatic rings. The van der Waals surface area contributed by atoms with Crippen LogP contribution in [0.4, 0.5) is 13.2 Å². The van der Waals surface area contributed by atoms with Crippen LogP contribution in [0.1, 0.15) is 22.3 Å². The minimum atomic E-state index is -5.08. The summed E-state index contributed by atoms with van der Waals surface area (Å²) in [4.78, 5) is 35.1. The zero-order chi connectivity index (χ0) is 27.5. The number of benzene rings is 1. The van der Waals surface area contributed by atoms with Crippen LogP contribution in [-0.4, -0.2) is 65.9 Å². The van der Waals surface area contributed by atoms with E-state index in [4.69, 9.17) is 15.2 Å². The van der Waals surface area contributed by atoms with Crippen LogP contribution in [-0.2, 0) is 10.3 Å². The summed E-state index contributed by atoms with van der Waals surface area (Å²) in [5.41, 5.74) is 2.61. The zero-order valence-electron chi connectivity index (χ0n) is 19.3. The summed E-state index contributed by atoms with van der Waals surface area (Å²) < 4.78 is 33.5. The van der Waals surface area contributed by atoms with E-state index in [0.29, 0.717) is 24.2 Å². The average Bonchev–Trinajstić information content (AvgIpc) is 3.55. The highest BCUT2D eigenvalue weighted by atomic mass is 19.4. The fraction of sp³-hybridized carbons (Fsp3) is 0.208. The molecule has 14 heteroatoms. The minimum Gasteiger partial charge on any atom is -0.475 e. The maximum atomic E-state index is 12.8. The van der Waals surface area contributed by atoms with E-state index in [-0.39, 0.29) is 12.3 Å². The molecule has 2 N–H and O–H groups in total. The Morgan fingerprint density at radius 2 is 1.92 bits per heavy atom. The molecule has 38 heavy (non-hydrogen) atoms. The highest BCUT2D eigenvalue weighted by molar-refractivity contribution is 5.95. The molecule has 1 saturated heterocycles. The standard InChI is InChI=1S/C22H16N8O.C2HF3O2/c23-6-5-22(12-29(13-22)21(31)16-3-1-2-15(8-16)9-24)30-11-17(10-28-30)19-18-4-7-25-20(18)27-14-26-19;3-2(4,5)1(6)7/h1-4,7-8,10-11,14H,5,12-13H2,(H,25,26,27);(H,6,7). The molecule has 1 amide bonds. The SMILES string of the molecule is N#CCC1(n2cc(-c3ncnc4[nH]ccc34)cn2)CN(C(=O)c2cccc(C#N)c2)C1.O=C(O)C(F)(F)F. The van der Waals surface area contributed by atoms with Gasteiger partial charge >= 0.3 is 12.1 Å². The van der Waals surface area contributed by atoms with Crippen molar-refractivity contribution in [1.29, 1.82) is 10.5 Å². The predicted molar refractivity (Wildman–Crippen MR) is 124 cm³/mol. The minimum absolute atomic E-state index is 0.164. The summed E-state index contributed by atoms with van der Waals surface area (Å²) in [5.74, 6) is -2.92. The first-order valence-electron chi connectivity index (χ1n) is 10.9. The zero-order valence-corrected chi connectivity index (χ0v) is 19.3. The van der Waals surface area contributed by atoms with E-state index in [1.807, 2.05) is 18.3 Å². The van der Waals surface area contributed by atoms with E-state index in [0.717, 1.165) is 22.3 Å². The van der Waals surface area contributed by atoms with E-state index < -0.39 is 17.7 Å². The number of aromatic amines is 1. The maximum absolute atomic E-state index is 12.8. The van der Waals surface area contributed by atoms with Gasteiger partial charge in [0.15, 0.2) is 0 Å². The summed E-state index contributed by atoms with van der Waals surface area (Å²) >= 11 is 0. The van der Waals surface area contributed by atoms with Gasteiger partial charge in [0.1, 0.15) is 17.5 Å². The maximum Gasteiger partial charge on any atom is 0.490 e. The highest BCUT2D eigenvalue weighted by Gasteiger charge is 2.47. The van der Waals surface area contributed by atoms with Crippen LogP contribution >= 0.6 is 0 Å². The quantitative estimate of drug-likeness (QED) is 0.413. The number of amides is 1. The topological polar surface area (TPSA) is 165 Å². The summed E-state index contributed by atoms with van der Waals surface area (Å²) in [5, 5.41) is 31.0. The van der Waals surface area contributed by atoms with Crippen LogP contribution in [0.25, 0.3) is 22.3 Å². The lowest BCUT2D eigenvalue weighted by Crippen LogP contribution is -2.64. The van der Waals surface area contributed by atoms with Gasteiger partial charge in [-0.2, -0.15) is 28.8 Å². The van der Waals surface area contributed by atoms with Crippen molar-refractivity contribution in [1.82, 2.24) is 29.6 Å². The van der Waals surface area contributed by atoms with Crippen molar-refractivity contribution in [2.75, 3.05) is 13.1 Å².